The van der Waals surface area contributed by atoms with Crippen LogP contribution in [0.25, 0.3) is 0 Å². The van der Waals surface area contributed by atoms with Gasteiger partial charge in [-0.15, -0.1) is 0 Å². The van der Waals surface area contributed by atoms with E-state index in [4.69, 9.17) is 0 Å². The number of benzene rings is 3. The van der Waals surface area contributed by atoms with Crippen LogP contribution in [-0.4, -0.2) is 47.4 Å². The van der Waals surface area contributed by atoms with Crippen LogP contribution in [0.1, 0.15) is 41.0 Å². The maximum Gasteiger partial charge on any atom is 0.327 e. The molecule has 39 heavy (non-hydrogen) atoms. The molecule has 0 radical (unpaired) electrons. The van der Waals surface area contributed by atoms with Gasteiger partial charge in [0.25, 0.3) is 0 Å². The van der Waals surface area contributed by atoms with Crippen LogP contribution in [0.3, 0.4) is 0 Å². The molecule has 2 heterocycles. The third kappa shape index (κ3) is 5.38. The fourth-order valence-corrected chi connectivity index (χ4v) is 5.43. The first-order valence-corrected chi connectivity index (χ1v) is 12.9. The molecule has 0 spiro atoms. The number of anilines is 1. The summed E-state index contributed by atoms with van der Waals surface area (Å²) in [7, 11) is 0. The van der Waals surface area contributed by atoms with Crippen LogP contribution in [0.5, 0.6) is 0 Å². The Balaban J connectivity index is 1.23. The van der Waals surface area contributed by atoms with Gasteiger partial charge in [0.2, 0.25) is 17.7 Å². The van der Waals surface area contributed by atoms with Crippen LogP contribution < -0.4 is 15.5 Å². The number of carboxylic acids is 1. The summed E-state index contributed by atoms with van der Waals surface area (Å²) in [5.74, 6) is -3.38. The van der Waals surface area contributed by atoms with Crippen molar-refractivity contribution in [2.75, 3.05) is 11.4 Å². The molecule has 3 aromatic rings. The first kappa shape index (κ1) is 26.1. The number of para-hydroxylation sites is 1. The Labute approximate surface area is 224 Å². The van der Waals surface area contributed by atoms with E-state index in [1.165, 1.54) is 17.0 Å². The Morgan fingerprint density at radius 3 is 2.36 bits per heavy atom. The average molecular weight is 530 g/mol. The van der Waals surface area contributed by atoms with Gasteiger partial charge in [0, 0.05) is 19.4 Å². The van der Waals surface area contributed by atoms with Crippen LogP contribution >= 0.6 is 0 Å². The number of hydrogen-bond donors (Lipinski definition) is 3. The summed E-state index contributed by atoms with van der Waals surface area (Å²) in [6.07, 6.45) is 1.03. The molecule has 3 aromatic carbocycles. The first-order chi connectivity index (χ1) is 18.8. The van der Waals surface area contributed by atoms with Gasteiger partial charge >= 0.3 is 5.97 Å². The normalized spacial score (nSPS) is 18.6. The highest BCUT2D eigenvalue weighted by Gasteiger charge is 2.44. The van der Waals surface area contributed by atoms with Gasteiger partial charge in [0.1, 0.15) is 17.9 Å². The molecule has 0 bridgehead atoms. The second-order valence-electron chi connectivity index (χ2n) is 9.79. The quantitative estimate of drug-likeness (QED) is 0.415. The Bertz CT molecular complexity index is 1410. The number of carboxylic acid groups (broad SMARTS) is 1. The van der Waals surface area contributed by atoms with Crippen LogP contribution in [0, 0.1) is 5.82 Å². The number of aliphatic carboxylic acids is 1. The number of aryl methyl sites for hydroxylation is 1. The highest BCUT2D eigenvalue weighted by atomic mass is 19.1. The molecule has 2 aliphatic heterocycles. The molecule has 2 aliphatic rings. The van der Waals surface area contributed by atoms with Crippen molar-refractivity contribution in [1.82, 2.24) is 10.6 Å². The highest BCUT2D eigenvalue weighted by Crippen LogP contribution is 2.39. The van der Waals surface area contributed by atoms with E-state index in [1.54, 1.807) is 12.1 Å². The van der Waals surface area contributed by atoms with E-state index in [0.717, 1.165) is 16.7 Å². The lowest BCUT2D eigenvalue weighted by Gasteiger charge is -2.26. The fraction of sp³-hybridized carbons (Fsp3) is 0.267. The maximum atomic E-state index is 13.5. The number of rotatable bonds is 8. The number of hydrogen-bond acceptors (Lipinski definition) is 4. The van der Waals surface area contributed by atoms with E-state index in [0.29, 0.717) is 24.1 Å². The van der Waals surface area contributed by atoms with Crippen molar-refractivity contribution in [2.45, 2.75) is 43.7 Å². The topological polar surface area (TPSA) is 116 Å². The van der Waals surface area contributed by atoms with Gasteiger partial charge in [0.15, 0.2) is 0 Å². The summed E-state index contributed by atoms with van der Waals surface area (Å²) in [4.78, 5) is 52.6. The predicted molar refractivity (Wildman–Crippen MR) is 142 cm³/mol. The SMILES string of the molecule is O=C(CCNC(=O)[C@@H](c1ccccc1)c1ccc(F)cc1)N[C@H]1CCc2cccc3c2N(C1=O)[C@H](C(=O)O)C3. The van der Waals surface area contributed by atoms with Gasteiger partial charge in [-0.3, -0.25) is 19.3 Å². The van der Waals surface area contributed by atoms with E-state index >= 15 is 0 Å². The van der Waals surface area contributed by atoms with Gasteiger partial charge in [-0.05, 0) is 47.2 Å². The molecule has 0 unspecified atom stereocenters. The molecule has 0 saturated heterocycles. The molecule has 0 fully saturated rings. The van der Waals surface area contributed by atoms with E-state index < -0.39 is 41.6 Å². The van der Waals surface area contributed by atoms with Gasteiger partial charge in [0.05, 0.1) is 11.6 Å². The standard InChI is InChI=1S/C30H28FN3O5/c31-22-12-9-19(10-13-22)26(18-5-2-1-3-6-18)28(36)32-16-15-25(35)33-23-14-11-20-7-4-8-21-17-24(30(38)39)34(27(20)21)29(23)37/h1-10,12-13,23-24,26H,11,14-17H2,(H,32,36)(H,33,35)(H,38,39)/t23-,24-,26-/m0/s1. The van der Waals surface area contributed by atoms with Gasteiger partial charge < -0.3 is 15.7 Å². The van der Waals surface area contributed by atoms with Crippen molar-refractivity contribution in [1.29, 1.82) is 0 Å². The van der Waals surface area contributed by atoms with Crippen molar-refractivity contribution in [3.63, 3.8) is 0 Å². The van der Waals surface area contributed by atoms with Gasteiger partial charge in [-0.25, -0.2) is 9.18 Å². The van der Waals surface area contributed by atoms with Gasteiger partial charge in [-0.2, -0.15) is 0 Å². The number of carbonyl (C=O) groups excluding carboxylic acids is 3. The smallest absolute Gasteiger partial charge is 0.327 e. The number of nitrogens with one attached hydrogen (secondary N) is 2. The summed E-state index contributed by atoms with van der Waals surface area (Å²) in [5.41, 5.74) is 3.70. The highest BCUT2D eigenvalue weighted by molar-refractivity contribution is 6.06. The number of nitrogens with zero attached hydrogens (tertiary/aromatic N) is 1. The molecule has 5 rings (SSSR count). The number of amides is 3. The van der Waals surface area contributed by atoms with Crippen LogP contribution in [0.4, 0.5) is 10.1 Å². The lowest BCUT2D eigenvalue weighted by atomic mass is 9.90. The molecule has 0 saturated carbocycles. The molecular formula is C30H28FN3O5. The minimum absolute atomic E-state index is 0.0297. The summed E-state index contributed by atoms with van der Waals surface area (Å²) in [5, 5.41) is 15.3. The zero-order valence-corrected chi connectivity index (χ0v) is 21.1. The first-order valence-electron chi connectivity index (χ1n) is 12.9. The molecule has 3 N–H and O–H groups in total. The minimum Gasteiger partial charge on any atom is -0.480 e. The Morgan fingerprint density at radius 1 is 0.949 bits per heavy atom. The van der Waals surface area contributed by atoms with E-state index in [1.807, 2.05) is 48.5 Å². The van der Waals surface area contributed by atoms with E-state index in [9.17, 15) is 28.7 Å². The Kier molecular flexibility index (Phi) is 7.40. The maximum absolute atomic E-state index is 13.5. The molecule has 3 atom stereocenters. The lowest BCUT2D eigenvalue weighted by molar-refractivity contribution is -0.140. The summed E-state index contributed by atoms with van der Waals surface area (Å²) < 4.78 is 13.5. The second-order valence-corrected chi connectivity index (χ2v) is 9.79. The van der Waals surface area contributed by atoms with E-state index in [-0.39, 0.29) is 25.3 Å². The van der Waals surface area contributed by atoms with Crippen molar-refractivity contribution in [3.05, 3.63) is 101 Å². The molecule has 3 amide bonds. The third-order valence-corrected chi connectivity index (χ3v) is 7.28. The third-order valence-electron chi connectivity index (χ3n) is 7.28. The van der Waals surface area contributed by atoms with Crippen LogP contribution in [-0.2, 0) is 32.0 Å². The predicted octanol–water partition coefficient (Wildman–Crippen LogP) is 2.94. The van der Waals surface area contributed by atoms with Gasteiger partial charge in [-0.1, -0.05) is 60.7 Å². The molecule has 8 nitrogen and oxygen atoms in total. The minimum atomic E-state index is -1.09. The fourth-order valence-electron chi connectivity index (χ4n) is 5.43. The summed E-state index contributed by atoms with van der Waals surface area (Å²) in [6, 6.07) is 18.5. The average Bonchev–Trinajstić information content (AvgIpc) is 3.27. The van der Waals surface area contributed by atoms with Crippen molar-refractivity contribution < 1.29 is 28.7 Å². The molecular weight excluding hydrogens is 501 g/mol. The number of carbonyl (C=O) groups is 4. The molecule has 9 heteroatoms. The zero-order valence-electron chi connectivity index (χ0n) is 21.1. The largest absolute Gasteiger partial charge is 0.480 e. The molecule has 0 aromatic heterocycles. The Hall–Kier alpha value is -4.53. The molecule has 0 aliphatic carbocycles. The van der Waals surface area contributed by atoms with Crippen LogP contribution in [0.15, 0.2) is 72.8 Å². The summed E-state index contributed by atoms with van der Waals surface area (Å²) in [6.45, 7) is 0.0297. The zero-order chi connectivity index (χ0) is 27.5. The monoisotopic (exact) mass is 529 g/mol. The summed E-state index contributed by atoms with van der Waals surface area (Å²) >= 11 is 0. The molecule has 200 valence electrons. The second kappa shape index (κ2) is 11.1. The van der Waals surface area contributed by atoms with Crippen molar-refractivity contribution in [3.8, 4) is 0 Å². The van der Waals surface area contributed by atoms with Crippen LogP contribution in [0.2, 0.25) is 0 Å². The lowest BCUT2D eigenvalue weighted by Crippen LogP contribution is -2.52. The Morgan fingerprint density at radius 2 is 1.64 bits per heavy atom. The number of halogens is 1. The van der Waals surface area contributed by atoms with E-state index in [2.05, 4.69) is 10.6 Å². The van der Waals surface area contributed by atoms with Crippen molar-refractivity contribution >= 4 is 29.4 Å². The van der Waals surface area contributed by atoms with Crippen molar-refractivity contribution in [2.24, 2.45) is 0 Å².